The molecular formula is C22H24N4O4. The van der Waals surface area contributed by atoms with Gasteiger partial charge in [0, 0.05) is 46.2 Å². The molecule has 0 saturated carbocycles. The standard InChI is InChI=1S/C22H24N4O4/c1-14(27)25-11-9-16-15(12-25)13-26(21(28)20(16)22(29)30)10-5-8-19-23-17-6-3-4-7-18(17)24(19)2/h3-4,6-7,13H,5,8-12H2,1-2H3,(H,29,30). The Morgan fingerprint density at radius 1 is 1.23 bits per heavy atom. The van der Waals surface area contributed by atoms with E-state index in [9.17, 15) is 19.5 Å². The lowest BCUT2D eigenvalue weighted by molar-refractivity contribution is -0.129. The van der Waals surface area contributed by atoms with Crippen LogP contribution in [0.2, 0.25) is 0 Å². The highest BCUT2D eigenvalue weighted by Crippen LogP contribution is 2.21. The number of carbonyl (C=O) groups excluding carboxylic acids is 1. The Labute approximate surface area is 173 Å². The van der Waals surface area contributed by atoms with E-state index in [1.807, 2.05) is 35.9 Å². The summed E-state index contributed by atoms with van der Waals surface area (Å²) in [6.07, 6.45) is 3.41. The van der Waals surface area contributed by atoms with Gasteiger partial charge in [-0.2, -0.15) is 0 Å². The van der Waals surface area contributed by atoms with E-state index in [1.165, 1.54) is 11.5 Å². The van der Waals surface area contributed by atoms with Crippen molar-refractivity contribution in [3.63, 3.8) is 0 Å². The Morgan fingerprint density at radius 3 is 2.70 bits per heavy atom. The quantitative estimate of drug-likeness (QED) is 0.696. The van der Waals surface area contributed by atoms with Crippen molar-refractivity contribution in [3.8, 4) is 0 Å². The van der Waals surface area contributed by atoms with Crippen molar-refractivity contribution < 1.29 is 14.7 Å². The molecule has 8 heteroatoms. The summed E-state index contributed by atoms with van der Waals surface area (Å²) in [5.74, 6) is -0.349. The molecule has 1 N–H and O–H groups in total. The van der Waals surface area contributed by atoms with Gasteiger partial charge >= 0.3 is 5.97 Å². The Morgan fingerprint density at radius 2 is 2.00 bits per heavy atom. The van der Waals surface area contributed by atoms with Gasteiger partial charge < -0.3 is 19.1 Å². The van der Waals surface area contributed by atoms with Gasteiger partial charge in [-0.25, -0.2) is 9.78 Å². The molecule has 2 aromatic heterocycles. The number of benzene rings is 1. The number of para-hydroxylation sites is 2. The topological polar surface area (TPSA) is 97.4 Å². The zero-order valence-electron chi connectivity index (χ0n) is 17.1. The van der Waals surface area contributed by atoms with Crippen LogP contribution in [0.25, 0.3) is 11.0 Å². The van der Waals surface area contributed by atoms with Gasteiger partial charge in [0.15, 0.2) is 0 Å². The molecule has 30 heavy (non-hydrogen) atoms. The SMILES string of the molecule is CC(=O)N1CCc2c(cn(CCCc3nc4ccccc4n3C)c(=O)c2C(=O)O)C1. The predicted octanol–water partition coefficient (Wildman–Crippen LogP) is 1.97. The Kier molecular flexibility index (Phi) is 5.15. The van der Waals surface area contributed by atoms with Gasteiger partial charge in [0.05, 0.1) is 11.0 Å². The van der Waals surface area contributed by atoms with Crippen molar-refractivity contribution in [3.05, 3.63) is 63.3 Å². The molecule has 1 aliphatic heterocycles. The molecule has 156 valence electrons. The maximum atomic E-state index is 12.8. The third-order valence-corrected chi connectivity index (χ3v) is 5.81. The summed E-state index contributed by atoms with van der Waals surface area (Å²) in [7, 11) is 1.97. The van der Waals surface area contributed by atoms with Crippen LogP contribution in [0.1, 0.15) is 40.7 Å². The van der Waals surface area contributed by atoms with Crippen LogP contribution < -0.4 is 5.56 Å². The lowest BCUT2D eigenvalue weighted by Crippen LogP contribution is -2.38. The first-order chi connectivity index (χ1) is 14.4. The molecule has 1 amide bonds. The zero-order chi connectivity index (χ0) is 21.4. The fourth-order valence-electron chi connectivity index (χ4n) is 4.19. The molecule has 1 aromatic carbocycles. The lowest BCUT2D eigenvalue weighted by Gasteiger charge is -2.29. The van der Waals surface area contributed by atoms with Crippen LogP contribution in [0.15, 0.2) is 35.3 Å². The van der Waals surface area contributed by atoms with E-state index in [1.54, 1.807) is 11.1 Å². The van der Waals surface area contributed by atoms with Crippen molar-refractivity contribution in [2.24, 2.45) is 7.05 Å². The van der Waals surface area contributed by atoms with E-state index < -0.39 is 11.5 Å². The fourth-order valence-corrected chi connectivity index (χ4v) is 4.19. The summed E-state index contributed by atoms with van der Waals surface area (Å²) in [5, 5.41) is 9.63. The number of hydrogen-bond donors (Lipinski definition) is 1. The molecule has 3 heterocycles. The molecule has 0 unspecified atom stereocenters. The van der Waals surface area contributed by atoms with Gasteiger partial charge in [-0.15, -0.1) is 0 Å². The number of carboxylic acids is 1. The summed E-state index contributed by atoms with van der Waals surface area (Å²) in [6.45, 7) is 2.64. The van der Waals surface area contributed by atoms with Crippen LogP contribution in [0.3, 0.4) is 0 Å². The molecule has 0 fully saturated rings. The summed E-state index contributed by atoms with van der Waals surface area (Å²) in [5.41, 5.74) is 2.61. The van der Waals surface area contributed by atoms with Crippen molar-refractivity contribution in [2.75, 3.05) is 6.54 Å². The highest BCUT2D eigenvalue weighted by molar-refractivity contribution is 5.89. The minimum Gasteiger partial charge on any atom is -0.477 e. The van der Waals surface area contributed by atoms with Gasteiger partial charge in [0.2, 0.25) is 5.91 Å². The van der Waals surface area contributed by atoms with Gasteiger partial charge in [-0.1, -0.05) is 12.1 Å². The van der Waals surface area contributed by atoms with Gasteiger partial charge in [0.1, 0.15) is 11.4 Å². The zero-order valence-corrected chi connectivity index (χ0v) is 17.1. The first-order valence-electron chi connectivity index (χ1n) is 10.0. The Balaban J connectivity index is 1.59. The smallest absolute Gasteiger partial charge is 0.341 e. The number of amides is 1. The first kappa shape index (κ1) is 19.9. The second-order valence-electron chi connectivity index (χ2n) is 7.68. The van der Waals surface area contributed by atoms with E-state index in [4.69, 9.17) is 0 Å². The molecule has 0 bridgehead atoms. The van der Waals surface area contributed by atoms with Gasteiger partial charge in [-0.05, 0) is 36.1 Å². The highest BCUT2D eigenvalue weighted by Gasteiger charge is 2.26. The number of carbonyl (C=O) groups is 2. The number of imidazole rings is 1. The molecule has 1 aliphatic rings. The molecule has 3 aromatic rings. The fraction of sp³-hybridized carbons (Fsp3) is 0.364. The summed E-state index contributed by atoms with van der Waals surface area (Å²) in [6, 6.07) is 7.90. The van der Waals surface area contributed by atoms with Crippen LogP contribution in [0.4, 0.5) is 0 Å². The number of aromatic carboxylic acids is 1. The molecule has 0 atom stereocenters. The number of aromatic nitrogens is 3. The molecule has 0 aliphatic carbocycles. The van der Waals surface area contributed by atoms with Crippen LogP contribution in [0, 0.1) is 0 Å². The third-order valence-electron chi connectivity index (χ3n) is 5.81. The maximum absolute atomic E-state index is 12.8. The summed E-state index contributed by atoms with van der Waals surface area (Å²) >= 11 is 0. The molecule has 0 radical (unpaired) electrons. The molecular weight excluding hydrogens is 384 g/mol. The first-order valence-corrected chi connectivity index (χ1v) is 10.0. The van der Waals surface area contributed by atoms with E-state index in [-0.39, 0.29) is 11.5 Å². The summed E-state index contributed by atoms with van der Waals surface area (Å²) in [4.78, 5) is 42.7. The minimum atomic E-state index is -1.21. The average molecular weight is 408 g/mol. The normalized spacial score (nSPS) is 13.5. The minimum absolute atomic E-state index is 0.0582. The molecule has 0 saturated heterocycles. The number of hydrogen-bond acceptors (Lipinski definition) is 4. The van der Waals surface area contributed by atoms with Crippen LogP contribution in [-0.4, -0.2) is 42.5 Å². The molecule has 8 nitrogen and oxygen atoms in total. The number of rotatable bonds is 5. The number of nitrogens with zero attached hydrogens (tertiary/aromatic N) is 4. The second kappa shape index (κ2) is 7.78. The van der Waals surface area contributed by atoms with E-state index >= 15 is 0 Å². The van der Waals surface area contributed by atoms with Crippen LogP contribution in [-0.2, 0) is 37.8 Å². The number of carboxylic acid groups (broad SMARTS) is 1. The maximum Gasteiger partial charge on any atom is 0.341 e. The van der Waals surface area contributed by atoms with E-state index in [0.29, 0.717) is 44.5 Å². The van der Waals surface area contributed by atoms with Gasteiger partial charge in [0.25, 0.3) is 5.56 Å². The monoisotopic (exact) mass is 408 g/mol. The number of pyridine rings is 1. The van der Waals surface area contributed by atoms with Crippen LogP contribution in [0.5, 0.6) is 0 Å². The summed E-state index contributed by atoms with van der Waals surface area (Å²) < 4.78 is 3.51. The highest BCUT2D eigenvalue weighted by atomic mass is 16.4. The van der Waals surface area contributed by atoms with Crippen molar-refractivity contribution in [1.82, 2.24) is 19.0 Å². The number of fused-ring (bicyclic) bond motifs is 2. The van der Waals surface area contributed by atoms with Crippen molar-refractivity contribution in [2.45, 2.75) is 39.3 Å². The van der Waals surface area contributed by atoms with Crippen LogP contribution >= 0.6 is 0 Å². The van der Waals surface area contributed by atoms with E-state index in [2.05, 4.69) is 4.98 Å². The predicted molar refractivity (Wildman–Crippen MR) is 111 cm³/mol. The Bertz CT molecular complexity index is 1210. The third kappa shape index (κ3) is 3.49. The number of aryl methyl sites for hydroxylation is 3. The second-order valence-corrected chi connectivity index (χ2v) is 7.68. The van der Waals surface area contributed by atoms with Crippen molar-refractivity contribution in [1.29, 1.82) is 0 Å². The van der Waals surface area contributed by atoms with Gasteiger partial charge in [-0.3, -0.25) is 9.59 Å². The lowest BCUT2D eigenvalue weighted by atomic mass is 9.96. The van der Waals surface area contributed by atoms with E-state index in [0.717, 1.165) is 22.4 Å². The molecule has 0 spiro atoms. The molecule has 4 rings (SSSR count). The Hall–Kier alpha value is -3.42. The largest absolute Gasteiger partial charge is 0.477 e. The average Bonchev–Trinajstić information content (AvgIpc) is 3.03. The van der Waals surface area contributed by atoms with Crippen molar-refractivity contribution >= 4 is 22.9 Å².